The average Bonchev–Trinajstić information content (AvgIpc) is 2.80. The van der Waals surface area contributed by atoms with Gasteiger partial charge in [-0.3, -0.25) is 14.9 Å². The molecule has 10 heteroatoms. The lowest BCUT2D eigenvalue weighted by Gasteiger charge is -2.13. The predicted molar refractivity (Wildman–Crippen MR) is 120 cm³/mol. The molecule has 0 aliphatic heterocycles. The molecule has 10 nitrogen and oxygen atoms in total. The number of benzene rings is 2. The molecule has 0 spiro atoms. The third-order valence-corrected chi connectivity index (χ3v) is 4.05. The van der Waals surface area contributed by atoms with Gasteiger partial charge in [0, 0.05) is 11.8 Å². The van der Waals surface area contributed by atoms with Gasteiger partial charge in [0.1, 0.15) is 11.5 Å². The van der Waals surface area contributed by atoms with Crippen LogP contribution in [0.15, 0.2) is 42.5 Å². The summed E-state index contributed by atoms with van der Waals surface area (Å²) >= 11 is 0. The average molecular weight is 460 g/mol. The smallest absolute Gasteiger partial charge is 0.325 e. The van der Waals surface area contributed by atoms with Crippen LogP contribution in [0.4, 0.5) is 10.5 Å². The summed E-state index contributed by atoms with van der Waals surface area (Å²) in [4.78, 5) is 35.7. The summed E-state index contributed by atoms with van der Waals surface area (Å²) in [7, 11) is 1.56. The zero-order valence-corrected chi connectivity index (χ0v) is 18.8. The van der Waals surface area contributed by atoms with E-state index in [1.54, 1.807) is 49.6 Å². The Morgan fingerprint density at radius 2 is 1.52 bits per heavy atom. The Labute approximate surface area is 192 Å². The van der Waals surface area contributed by atoms with Crippen molar-refractivity contribution in [3.63, 3.8) is 0 Å². The molecule has 0 atom stereocenters. The van der Waals surface area contributed by atoms with Crippen molar-refractivity contribution in [3.05, 3.63) is 42.5 Å². The van der Waals surface area contributed by atoms with Crippen LogP contribution in [0.1, 0.15) is 20.3 Å². The van der Waals surface area contributed by atoms with Gasteiger partial charge in [-0.1, -0.05) is 0 Å². The van der Waals surface area contributed by atoms with E-state index in [9.17, 15) is 14.4 Å². The molecule has 33 heavy (non-hydrogen) atoms. The molecule has 2 N–H and O–H groups in total. The number of esters is 1. The van der Waals surface area contributed by atoms with Gasteiger partial charge in [-0.05, 0) is 50.2 Å². The lowest BCUT2D eigenvalue weighted by atomic mass is 10.2. The van der Waals surface area contributed by atoms with Crippen molar-refractivity contribution in [2.75, 3.05) is 38.9 Å². The van der Waals surface area contributed by atoms with E-state index in [0.717, 1.165) is 0 Å². The van der Waals surface area contributed by atoms with Gasteiger partial charge in [-0.15, -0.1) is 0 Å². The third kappa shape index (κ3) is 8.98. The standard InChI is InChI=1S/C23H28N2O8/c1-4-30-19-11-6-16(14-20(19)31-5-2)24-23(28)25-21(26)15-33-22(27)12-13-32-18-9-7-17(29-3)8-10-18/h6-11,14H,4-5,12-13,15H2,1-3H3,(H2,24,25,26,28). The van der Waals surface area contributed by atoms with Gasteiger partial charge in [0.15, 0.2) is 18.1 Å². The van der Waals surface area contributed by atoms with Crippen molar-refractivity contribution < 1.29 is 38.1 Å². The summed E-state index contributed by atoms with van der Waals surface area (Å²) in [5.74, 6) is 0.868. The lowest BCUT2D eigenvalue weighted by Crippen LogP contribution is -2.37. The van der Waals surface area contributed by atoms with E-state index in [1.165, 1.54) is 0 Å². The van der Waals surface area contributed by atoms with Crippen LogP contribution in [0.3, 0.4) is 0 Å². The minimum atomic E-state index is -0.773. The first-order valence-electron chi connectivity index (χ1n) is 10.4. The molecule has 0 fully saturated rings. The van der Waals surface area contributed by atoms with E-state index >= 15 is 0 Å². The maximum absolute atomic E-state index is 12.0. The predicted octanol–water partition coefficient (Wildman–Crippen LogP) is 3.15. The number of rotatable bonds is 12. The highest BCUT2D eigenvalue weighted by molar-refractivity contribution is 6.02. The number of urea groups is 1. The van der Waals surface area contributed by atoms with Gasteiger partial charge in [0.25, 0.3) is 5.91 Å². The number of ether oxygens (including phenoxy) is 5. The zero-order chi connectivity index (χ0) is 24.1. The first-order chi connectivity index (χ1) is 15.9. The second-order valence-electron chi connectivity index (χ2n) is 6.46. The Morgan fingerprint density at radius 1 is 0.848 bits per heavy atom. The van der Waals surface area contributed by atoms with Crippen LogP contribution >= 0.6 is 0 Å². The molecule has 178 valence electrons. The molecule has 0 saturated carbocycles. The Morgan fingerprint density at radius 3 is 2.18 bits per heavy atom. The van der Waals surface area contributed by atoms with E-state index in [4.69, 9.17) is 23.7 Å². The Hall–Kier alpha value is -3.95. The molecule has 0 unspecified atom stereocenters. The van der Waals surface area contributed by atoms with Crippen LogP contribution in [0.5, 0.6) is 23.0 Å². The van der Waals surface area contributed by atoms with E-state index in [-0.39, 0.29) is 13.0 Å². The van der Waals surface area contributed by atoms with E-state index in [0.29, 0.717) is 41.9 Å². The van der Waals surface area contributed by atoms with Gasteiger partial charge in [-0.25, -0.2) is 4.79 Å². The van der Waals surface area contributed by atoms with Gasteiger partial charge in [0.2, 0.25) is 0 Å². The molecule has 0 saturated heterocycles. The van der Waals surface area contributed by atoms with Crippen LogP contribution in [0.2, 0.25) is 0 Å². The fourth-order valence-corrected chi connectivity index (χ4v) is 2.60. The molecular formula is C23H28N2O8. The van der Waals surface area contributed by atoms with E-state index in [2.05, 4.69) is 10.6 Å². The molecule has 2 rings (SSSR count). The molecule has 2 aromatic carbocycles. The number of carbonyl (C=O) groups excluding carboxylic acids is 3. The second kappa shape index (κ2) is 13.5. The van der Waals surface area contributed by atoms with E-state index in [1.807, 2.05) is 13.8 Å². The van der Waals surface area contributed by atoms with E-state index < -0.39 is 24.5 Å². The third-order valence-electron chi connectivity index (χ3n) is 4.05. The van der Waals surface area contributed by atoms with Crippen LogP contribution in [-0.2, 0) is 14.3 Å². The largest absolute Gasteiger partial charge is 0.497 e. The number of amides is 3. The Balaban J connectivity index is 1.71. The van der Waals surface area contributed by atoms with Gasteiger partial charge in [-0.2, -0.15) is 0 Å². The summed E-state index contributed by atoms with van der Waals surface area (Å²) < 4.78 is 26.3. The molecule has 2 aromatic rings. The fourth-order valence-electron chi connectivity index (χ4n) is 2.60. The summed E-state index contributed by atoms with van der Waals surface area (Å²) in [5.41, 5.74) is 0.403. The minimum Gasteiger partial charge on any atom is -0.497 e. The normalized spacial score (nSPS) is 10.0. The second-order valence-corrected chi connectivity index (χ2v) is 6.46. The SMILES string of the molecule is CCOc1ccc(NC(=O)NC(=O)COC(=O)CCOc2ccc(OC)cc2)cc1OCC. The number of carbonyl (C=O) groups is 3. The van der Waals surface area contributed by atoms with Crippen LogP contribution in [-0.4, -0.2) is 51.4 Å². The van der Waals surface area contributed by atoms with Crippen molar-refractivity contribution in [1.29, 1.82) is 0 Å². The monoisotopic (exact) mass is 460 g/mol. The number of anilines is 1. The van der Waals surface area contributed by atoms with Crippen molar-refractivity contribution in [1.82, 2.24) is 5.32 Å². The summed E-state index contributed by atoms with van der Waals surface area (Å²) in [6, 6.07) is 11.0. The first kappa shape index (κ1) is 25.3. The molecule has 3 amide bonds. The van der Waals surface area contributed by atoms with Gasteiger partial charge >= 0.3 is 12.0 Å². The number of hydrogen-bond acceptors (Lipinski definition) is 8. The molecule has 0 aromatic heterocycles. The molecule has 0 aliphatic rings. The van der Waals surface area contributed by atoms with Crippen LogP contribution < -0.4 is 29.6 Å². The molecular weight excluding hydrogens is 432 g/mol. The van der Waals surface area contributed by atoms with Crippen molar-refractivity contribution in [2.45, 2.75) is 20.3 Å². The first-order valence-corrected chi connectivity index (χ1v) is 10.4. The maximum Gasteiger partial charge on any atom is 0.325 e. The summed E-state index contributed by atoms with van der Waals surface area (Å²) in [6.45, 7) is 4.05. The topological polar surface area (TPSA) is 121 Å². The Kier molecular flexibility index (Phi) is 10.3. The summed E-state index contributed by atoms with van der Waals surface area (Å²) in [6.07, 6.45) is -0.0576. The Bertz CT molecular complexity index is 931. The number of hydrogen-bond donors (Lipinski definition) is 2. The van der Waals surface area contributed by atoms with Crippen LogP contribution in [0.25, 0.3) is 0 Å². The van der Waals surface area contributed by atoms with Crippen LogP contribution in [0, 0.1) is 0 Å². The quantitative estimate of drug-likeness (QED) is 0.463. The number of nitrogens with one attached hydrogen (secondary N) is 2. The van der Waals surface area contributed by atoms with Crippen molar-refractivity contribution in [2.24, 2.45) is 0 Å². The summed E-state index contributed by atoms with van der Waals surface area (Å²) in [5, 5.41) is 4.60. The van der Waals surface area contributed by atoms with Gasteiger partial charge < -0.3 is 29.0 Å². The van der Waals surface area contributed by atoms with Crippen molar-refractivity contribution >= 4 is 23.6 Å². The highest BCUT2D eigenvalue weighted by Gasteiger charge is 2.13. The zero-order valence-electron chi connectivity index (χ0n) is 18.8. The van der Waals surface area contributed by atoms with Crippen molar-refractivity contribution in [3.8, 4) is 23.0 Å². The fraction of sp³-hybridized carbons (Fsp3) is 0.348. The highest BCUT2D eigenvalue weighted by Crippen LogP contribution is 2.30. The molecule has 0 bridgehead atoms. The lowest BCUT2D eigenvalue weighted by molar-refractivity contribution is -0.148. The molecule has 0 heterocycles. The minimum absolute atomic E-state index is 0.0576. The number of methoxy groups -OCH3 is 1. The number of imide groups is 1. The van der Waals surface area contributed by atoms with Gasteiger partial charge in [0.05, 0.1) is 33.4 Å². The molecule has 0 radical (unpaired) electrons. The highest BCUT2D eigenvalue weighted by atomic mass is 16.5. The molecule has 0 aliphatic carbocycles. The maximum atomic E-state index is 12.0.